The smallest absolute Gasteiger partial charge is 0.269 e. The molecule has 2 atom stereocenters. The average molecular weight is 264 g/mol. The largest absolute Gasteiger partial charge is 0.392 e. The van der Waals surface area contributed by atoms with Crippen molar-refractivity contribution in [3.05, 3.63) is 39.9 Å². The van der Waals surface area contributed by atoms with Crippen LogP contribution >= 0.6 is 0 Å². The number of rotatable bonds is 4. The van der Waals surface area contributed by atoms with Gasteiger partial charge >= 0.3 is 0 Å². The van der Waals surface area contributed by atoms with Crippen molar-refractivity contribution in [3.8, 4) is 0 Å². The highest BCUT2D eigenvalue weighted by atomic mass is 16.6. The molecule has 0 radical (unpaired) electrons. The minimum absolute atomic E-state index is 0.120. The van der Waals surface area contributed by atoms with E-state index in [9.17, 15) is 15.2 Å². The molecule has 5 heteroatoms. The fourth-order valence-electron chi connectivity index (χ4n) is 2.72. The van der Waals surface area contributed by atoms with Gasteiger partial charge in [0.25, 0.3) is 5.69 Å². The number of nitro groups is 1. The lowest BCUT2D eigenvalue weighted by Crippen LogP contribution is -2.45. The van der Waals surface area contributed by atoms with E-state index in [0.717, 1.165) is 37.9 Å². The minimum Gasteiger partial charge on any atom is -0.392 e. The van der Waals surface area contributed by atoms with Crippen LogP contribution in [-0.4, -0.2) is 33.6 Å². The number of non-ortho nitro benzene ring substituents is 1. The third-order valence-corrected chi connectivity index (χ3v) is 3.75. The quantitative estimate of drug-likeness (QED) is 0.669. The number of hydrogen-bond acceptors (Lipinski definition) is 4. The van der Waals surface area contributed by atoms with Gasteiger partial charge < -0.3 is 5.11 Å². The second kappa shape index (κ2) is 6.12. The summed E-state index contributed by atoms with van der Waals surface area (Å²) in [5.41, 5.74) is 1.17. The molecule has 2 rings (SSSR count). The Bertz CT molecular complexity index is 431. The van der Waals surface area contributed by atoms with Gasteiger partial charge in [0, 0.05) is 24.7 Å². The molecule has 1 heterocycles. The molecule has 1 aromatic carbocycles. The topological polar surface area (TPSA) is 66.6 Å². The van der Waals surface area contributed by atoms with E-state index in [1.54, 1.807) is 12.1 Å². The van der Waals surface area contributed by atoms with Crippen LogP contribution < -0.4 is 0 Å². The first-order valence-electron chi connectivity index (χ1n) is 6.73. The van der Waals surface area contributed by atoms with Crippen molar-refractivity contribution in [2.75, 3.05) is 6.54 Å². The van der Waals surface area contributed by atoms with Crippen LogP contribution in [0.2, 0.25) is 0 Å². The highest BCUT2D eigenvalue weighted by Crippen LogP contribution is 2.22. The van der Waals surface area contributed by atoms with Crippen LogP contribution in [0.25, 0.3) is 0 Å². The molecule has 0 aromatic heterocycles. The first kappa shape index (κ1) is 14.0. The molecule has 0 amide bonds. The Morgan fingerprint density at radius 3 is 2.68 bits per heavy atom. The third-order valence-electron chi connectivity index (χ3n) is 3.75. The lowest BCUT2D eigenvalue weighted by atomic mass is 9.97. The van der Waals surface area contributed by atoms with Crippen LogP contribution in [0.3, 0.4) is 0 Å². The lowest BCUT2D eigenvalue weighted by Gasteiger charge is -2.37. The fourth-order valence-corrected chi connectivity index (χ4v) is 2.72. The van der Waals surface area contributed by atoms with Crippen molar-refractivity contribution in [2.24, 2.45) is 0 Å². The zero-order chi connectivity index (χ0) is 13.8. The Morgan fingerprint density at radius 2 is 2.11 bits per heavy atom. The summed E-state index contributed by atoms with van der Waals surface area (Å²) in [6.45, 7) is 3.55. The molecule has 5 nitrogen and oxygen atoms in total. The molecule has 0 bridgehead atoms. The predicted molar refractivity (Wildman–Crippen MR) is 72.8 cm³/mol. The number of nitro benzene ring substituents is 1. The standard InChI is InChI=1S/C14H20N2O3/c1-11(17)14-4-2-3-9-15(14)10-12-5-7-13(8-6-12)16(18)19/h5-8,11,14,17H,2-4,9-10H2,1H3. The van der Waals surface area contributed by atoms with Crippen molar-refractivity contribution in [1.82, 2.24) is 4.90 Å². The molecule has 0 aliphatic carbocycles. The maximum absolute atomic E-state index is 10.6. The molecule has 19 heavy (non-hydrogen) atoms. The summed E-state index contributed by atoms with van der Waals surface area (Å²) in [5, 5.41) is 20.4. The first-order chi connectivity index (χ1) is 9.08. The molecular formula is C14H20N2O3. The van der Waals surface area contributed by atoms with E-state index in [2.05, 4.69) is 4.90 Å². The highest BCUT2D eigenvalue weighted by Gasteiger charge is 2.26. The van der Waals surface area contributed by atoms with Crippen molar-refractivity contribution >= 4 is 5.69 Å². The summed E-state index contributed by atoms with van der Waals surface area (Å²) in [4.78, 5) is 12.5. The molecule has 1 fully saturated rings. The first-order valence-corrected chi connectivity index (χ1v) is 6.73. The van der Waals surface area contributed by atoms with Gasteiger partial charge in [0.1, 0.15) is 0 Å². The number of benzene rings is 1. The average Bonchev–Trinajstić information content (AvgIpc) is 2.39. The molecule has 0 spiro atoms. The van der Waals surface area contributed by atoms with Crippen LogP contribution in [0.4, 0.5) is 5.69 Å². The van der Waals surface area contributed by atoms with Crippen molar-refractivity contribution in [2.45, 2.75) is 44.9 Å². The van der Waals surface area contributed by atoms with Crippen LogP contribution in [0.15, 0.2) is 24.3 Å². The molecule has 0 saturated carbocycles. The second-order valence-electron chi connectivity index (χ2n) is 5.20. The fraction of sp³-hybridized carbons (Fsp3) is 0.571. The molecule has 2 unspecified atom stereocenters. The molecule has 104 valence electrons. The molecule has 1 aliphatic heterocycles. The summed E-state index contributed by atoms with van der Waals surface area (Å²) in [5.74, 6) is 0. The summed E-state index contributed by atoms with van der Waals surface area (Å²) >= 11 is 0. The number of aliphatic hydroxyl groups excluding tert-OH is 1. The maximum atomic E-state index is 10.6. The Morgan fingerprint density at radius 1 is 1.42 bits per heavy atom. The Labute approximate surface area is 113 Å². The normalized spacial score (nSPS) is 22.1. The summed E-state index contributed by atoms with van der Waals surface area (Å²) in [6.07, 6.45) is 2.99. The van der Waals surface area contributed by atoms with E-state index < -0.39 is 0 Å². The van der Waals surface area contributed by atoms with Gasteiger partial charge in [0.05, 0.1) is 11.0 Å². The van der Waals surface area contributed by atoms with Crippen LogP contribution in [0, 0.1) is 10.1 Å². The third kappa shape index (κ3) is 3.52. The number of nitrogens with zero attached hydrogens (tertiary/aromatic N) is 2. The van der Waals surface area contributed by atoms with Crippen molar-refractivity contribution < 1.29 is 10.0 Å². The van der Waals surface area contributed by atoms with Crippen molar-refractivity contribution in [3.63, 3.8) is 0 Å². The molecule has 1 aromatic rings. The molecular weight excluding hydrogens is 244 g/mol. The summed E-state index contributed by atoms with van der Waals surface area (Å²) in [6, 6.07) is 6.87. The monoisotopic (exact) mass is 264 g/mol. The van der Waals surface area contributed by atoms with Gasteiger partial charge in [-0.05, 0) is 31.9 Å². The Balaban J connectivity index is 2.04. The predicted octanol–water partition coefficient (Wildman–Crippen LogP) is 2.33. The van der Waals surface area contributed by atoms with Crippen molar-refractivity contribution in [1.29, 1.82) is 0 Å². The van der Waals surface area contributed by atoms with Gasteiger partial charge in [-0.25, -0.2) is 0 Å². The van der Waals surface area contributed by atoms with E-state index in [4.69, 9.17) is 0 Å². The number of piperidine rings is 1. The van der Waals surface area contributed by atoms with Gasteiger partial charge in [-0.3, -0.25) is 15.0 Å². The zero-order valence-electron chi connectivity index (χ0n) is 11.2. The lowest BCUT2D eigenvalue weighted by molar-refractivity contribution is -0.384. The number of likely N-dealkylation sites (tertiary alicyclic amines) is 1. The summed E-state index contributed by atoms with van der Waals surface area (Å²) < 4.78 is 0. The molecule has 1 saturated heterocycles. The maximum Gasteiger partial charge on any atom is 0.269 e. The SMILES string of the molecule is CC(O)C1CCCCN1Cc1ccc([N+](=O)[O-])cc1. The number of hydrogen-bond donors (Lipinski definition) is 1. The van der Waals surface area contributed by atoms with Gasteiger partial charge in [0.15, 0.2) is 0 Å². The Kier molecular flexibility index (Phi) is 4.50. The van der Waals surface area contributed by atoms with E-state index in [1.165, 1.54) is 12.1 Å². The van der Waals surface area contributed by atoms with E-state index in [-0.39, 0.29) is 22.8 Å². The van der Waals surface area contributed by atoms with Crippen LogP contribution in [-0.2, 0) is 6.54 Å². The van der Waals surface area contributed by atoms with Gasteiger partial charge in [-0.2, -0.15) is 0 Å². The highest BCUT2D eigenvalue weighted by molar-refractivity contribution is 5.32. The Hall–Kier alpha value is -1.46. The number of aliphatic hydroxyl groups is 1. The minimum atomic E-state index is -0.386. The summed E-state index contributed by atoms with van der Waals surface area (Å²) in [7, 11) is 0. The van der Waals surface area contributed by atoms with E-state index >= 15 is 0 Å². The molecule has 1 N–H and O–H groups in total. The zero-order valence-corrected chi connectivity index (χ0v) is 11.2. The second-order valence-corrected chi connectivity index (χ2v) is 5.20. The molecule has 1 aliphatic rings. The van der Waals surface area contributed by atoms with E-state index in [1.807, 2.05) is 6.92 Å². The van der Waals surface area contributed by atoms with Gasteiger partial charge in [-0.15, -0.1) is 0 Å². The van der Waals surface area contributed by atoms with Gasteiger partial charge in [-0.1, -0.05) is 18.6 Å². The van der Waals surface area contributed by atoms with Crippen LogP contribution in [0.5, 0.6) is 0 Å². The van der Waals surface area contributed by atoms with Gasteiger partial charge in [0.2, 0.25) is 0 Å². The van der Waals surface area contributed by atoms with Crippen LogP contribution in [0.1, 0.15) is 31.7 Å². The van der Waals surface area contributed by atoms with E-state index in [0.29, 0.717) is 0 Å².